The number of aromatic nitrogens is 1. The van der Waals surface area contributed by atoms with Gasteiger partial charge < -0.3 is 14.0 Å². The van der Waals surface area contributed by atoms with Gasteiger partial charge in [-0.05, 0) is 33.8 Å². The van der Waals surface area contributed by atoms with E-state index in [0.29, 0.717) is 16.9 Å². The van der Waals surface area contributed by atoms with Crippen LogP contribution in [0.15, 0.2) is 12.3 Å². The number of rotatable bonds is 2. The number of nitriles is 1. The zero-order valence-electron chi connectivity index (χ0n) is 11.9. The fourth-order valence-electron chi connectivity index (χ4n) is 1.90. The lowest BCUT2D eigenvalue weighted by atomic mass is 9.76. The molecule has 0 aromatic carbocycles. The van der Waals surface area contributed by atoms with E-state index in [2.05, 4.69) is 11.1 Å². The smallest absolute Gasteiger partial charge is 0.481 e. The molecule has 1 fully saturated rings. The van der Waals surface area contributed by atoms with Gasteiger partial charge in [0.05, 0.1) is 35.4 Å². The van der Waals surface area contributed by atoms with Crippen molar-refractivity contribution in [3.63, 3.8) is 0 Å². The van der Waals surface area contributed by atoms with Crippen molar-refractivity contribution in [1.82, 2.24) is 4.98 Å². The fourth-order valence-corrected chi connectivity index (χ4v) is 1.90. The zero-order valence-corrected chi connectivity index (χ0v) is 11.9. The van der Waals surface area contributed by atoms with Gasteiger partial charge in [0.2, 0.25) is 5.88 Å². The Kier molecular flexibility index (Phi) is 3.29. The van der Waals surface area contributed by atoms with E-state index >= 15 is 0 Å². The Labute approximate surface area is 113 Å². The van der Waals surface area contributed by atoms with Crippen LogP contribution in [0, 0.1) is 11.3 Å². The van der Waals surface area contributed by atoms with Crippen molar-refractivity contribution in [2.45, 2.75) is 38.9 Å². The van der Waals surface area contributed by atoms with Gasteiger partial charge in [0.1, 0.15) is 0 Å². The largest absolute Gasteiger partial charge is 0.501 e. The molecule has 0 amide bonds. The van der Waals surface area contributed by atoms with Crippen molar-refractivity contribution in [2.24, 2.45) is 0 Å². The van der Waals surface area contributed by atoms with Gasteiger partial charge in [0, 0.05) is 6.20 Å². The lowest BCUT2D eigenvalue weighted by molar-refractivity contribution is 0.00578. The first-order chi connectivity index (χ1) is 8.82. The number of pyridine rings is 1. The molecule has 0 bridgehead atoms. The lowest BCUT2D eigenvalue weighted by Crippen LogP contribution is -2.41. The number of methoxy groups -OCH3 is 1. The monoisotopic (exact) mass is 260 g/mol. The summed E-state index contributed by atoms with van der Waals surface area (Å²) in [4.78, 5) is 4.11. The SMILES string of the molecule is COc1nccc(C#N)c1B1OC(C)(C)C(C)(C)O1. The maximum Gasteiger partial charge on any atom is 0.501 e. The van der Waals surface area contributed by atoms with E-state index in [-0.39, 0.29) is 0 Å². The van der Waals surface area contributed by atoms with Gasteiger partial charge in [-0.2, -0.15) is 5.26 Å². The normalized spacial score (nSPS) is 20.1. The van der Waals surface area contributed by atoms with Crippen molar-refractivity contribution in [1.29, 1.82) is 5.26 Å². The van der Waals surface area contributed by atoms with Crippen molar-refractivity contribution < 1.29 is 14.0 Å². The predicted octanol–water partition coefficient (Wildman–Crippen LogP) is 1.26. The van der Waals surface area contributed by atoms with E-state index in [1.54, 1.807) is 6.07 Å². The van der Waals surface area contributed by atoms with Gasteiger partial charge >= 0.3 is 7.12 Å². The minimum Gasteiger partial charge on any atom is -0.481 e. The average molecular weight is 260 g/mol. The minimum atomic E-state index is -0.650. The summed E-state index contributed by atoms with van der Waals surface area (Å²) in [6.07, 6.45) is 1.53. The molecule has 1 saturated heterocycles. The Morgan fingerprint density at radius 2 is 1.84 bits per heavy atom. The van der Waals surface area contributed by atoms with Crippen molar-refractivity contribution >= 4 is 12.6 Å². The first-order valence-electron chi connectivity index (χ1n) is 6.11. The second-order valence-electron chi connectivity index (χ2n) is 5.48. The molecule has 0 radical (unpaired) electrons. The van der Waals surface area contributed by atoms with Crippen LogP contribution in [0.5, 0.6) is 5.88 Å². The molecule has 6 heteroatoms. The standard InChI is InChI=1S/C13H17BN2O3/c1-12(2)13(3,4)19-14(18-12)10-9(8-15)6-7-16-11(10)17-5/h6-7H,1-5H3. The summed E-state index contributed by atoms with van der Waals surface area (Å²) >= 11 is 0. The van der Waals surface area contributed by atoms with Gasteiger partial charge in [-0.1, -0.05) is 0 Å². The average Bonchev–Trinajstić information content (AvgIpc) is 2.57. The Bertz CT molecular complexity index is 521. The molecule has 0 spiro atoms. The second kappa shape index (κ2) is 4.51. The van der Waals surface area contributed by atoms with Crippen molar-refractivity contribution in [3.05, 3.63) is 17.8 Å². The zero-order chi connectivity index (χ0) is 14.3. The molecule has 0 unspecified atom stereocenters. The molecule has 1 aliphatic rings. The first-order valence-corrected chi connectivity index (χ1v) is 6.11. The molecule has 1 aliphatic heterocycles. The highest BCUT2D eigenvalue weighted by atomic mass is 16.7. The van der Waals surface area contributed by atoms with E-state index in [1.807, 2.05) is 27.7 Å². The van der Waals surface area contributed by atoms with Crippen LogP contribution in [0.3, 0.4) is 0 Å². The third kappa shape index (κ3) is 2.20. The van der Waals surface area contributed by atoms with Gasteiger partial charge in [-0.3, -0.25) is 0 Å². The topological polar surface area (TPSA) is 64.4 Å². The number of ether oxygens (including phenoxy) is 1. The first kappa shape index (κ1) is 13.8. The van der Waals surface area contributed by atoms with Crippen LogP contribution in [0.4, 0.5) is 0 Å². The molecule has 100 valence electrons. The summed E-state index contributed by atoms with van der Waals surface area (Å²) in [5, 5.41) is 9.21. The van der Waals surface area contributed by atoms with Crippen LogP contribution in [0.1, 0.15) is 33.3 Å². The second-order valence-corrected chi connectivity index (χ2v) is 5.48. The van der Waals surface area contributed by atoms with Gasteiger partial charge in [0.15, 0.2) is 0 Å². The summed E-state index contributed by atoms with van der Waals surface area (Å²) in [6, 6.07) is 3.75. The lowest BCUT2D eigenvalue weighted by Gasteiger charge is -2.32. The molecule has 0 N–H and O–H groups in total. The molecule has 0 aliphatic carbocycles. The van der Waals surface area contributed by atoms with Crippen LogP contribution in [-0.2, 0) is 9.31 Å². The molecule has 19 heavy (non-hydrogen) atoms. The summed E-state index contributed by atoms with van der Waals surface area (Å²) in [5.74, 6) is 0.359. The maximum absolute atomic E-state index is 9.21. The predicted molar refractivity (Wildman–Crippen MR) is 71.2 cm³/mol. The maximum atomic E-state index is 9.21. The number of hydrogen-bond acceptors (Lipinski definition) is 5. The molecule has 1 aromatic rings. The number of nitrogens with zero attached hydrogens (tertiary/aromatic N) is 2. The van der Waals surface area contributed by atoms with E-state index in [9.17, 15) is 5.26 Å². The Morgan fingerprint density at radius 3 is 2.32 bits per heavy atom. The number of hydrogen-bond donors (Lipinski definition) is 0. The highest BCUT2D eigenvalue weighted by Crippen LogP contribution is 2.37. The van der Waals surface area contributed by atoms with Gasteiger partial charge in [0.25, 0.3) is 0 Å². The molecular formula is C13H17BN2O3. The molecule has 0 saturated carbocycles. The summed E-state index contributed by atoms with van der Waals surface area (Å²) in [5.41, 5.74) is 0.0627. The van der Waals surface area contributed by atoms with Crippen molar-refractivity contribution in [3.8, 4) is 11.9 Å². The van der Waals surface area contributed by atoms with E-state index < -0.39 is 18.3 Å². The van der Waals surface area contributed by atoms with Crippen LogP contribution in [-0.4, -0.2) is 30.4 Å². The molecule has 2 rings (SSSR count). The van der Waals surface area contributed by atoms with Gasteiger partial charge in [-0.15, -0.1) is 0 Å². The van der Waals surface area contributed by atoms with E-state index in [1.165, 1.54) is 13.3 Å². The van der Waals surface area contributed by atoms with E-state index in [0.717, 1.165) is 0 Å². The third-order valence-electron chi connectivity index (χ3n) is 3.76. The van der Waals surface area contributed by atoms with Crippen LogP contribution >= 0.6 is 0 Å². The molecule has 0 atom stereocenters. The molecule has 1 aromatic heterocycles. The van der Waals surface area contributed by atoms with E-state index in [4.69, 9.17) is 14.0 Å². The Balaban J connectivity index is 2.48. The molecule has 5 nitrogen and oxygen atoms in total. The molecular weight excluding hydrogens is 243 g/mol. The third-order valence-corrected chi connectivity index (χ3v) is 3.76. The Morgan fingerprint density at radius 1 is 1.26 bits per heavy atom. The summed E-state index contributed by atoms with van der Waals surface area (Å²) in [7, 11) is 0.862. The summed E-state index contributed by atoms with van der Waals surface area (Å²) in [6.45, 7) is 7.84. The fraction of sp³-hybridized carbons (Fsp3) is 0.538. The van der Waals surface area contributed by atoms with Gasteiger partial charge in [-0.25, -0.2) is 4.98 Å². The Hall–Kier alpha value is -1.58. The highest BCUT2D eigenvalue weighted by Gasteiger charge is 2.53. The van der Waals surface area contributed by atoms with Crippen LogP contribution < -0.4 is 10.2 Å². The quantitative estimate of drug-likeness (QED) is 0.749. The van der Waals surface area contributed by atoms with Crippen molar-refractivity contribution in [2.75, 3.05) is 7.11 Å². The van der Waals surface area contributed by atoms with Crippen LogP contribution in [0.25, 0.3) is 0 Å². The minimum absolute atomic E-state index is 0.359. The molecule has 2 heterocycles. The highest BCUT2D eigenvalue weighted by molar-refractivity contribution is 6.63. The van der Waals surface area contributed by atoms with Crippen LogP contribution in [0.2, 0.25) is 0 Å². The summed E-state index contributed by atoms with van der Waals surface area (Å²) < 4.78 is 17.1.